The van der Waals surface area contributed by atoms with E-state index in [0.717, 1.165) is 11.1 Å². The van der Waals surface area contributed by atoms with Crippen molar-refractivity contribution < 1.29 is 9.90 Å². The number of aromatic amines is 1. The third-order valence-corrected chi connectivity index (χ3v) is 4.52. The molecule has 0 bridgehead atoms. The second-order valence-electron chi connectivity index (χ2n) is 4.90. The van der Waals surface area contributed by atoms with Crippen LogP contribution in [-0.4, -0.2) is 35.4 Å². The zero-order valence-electron chi connectivity index (χ0n) is 11.9. The third-order valence-electron chi connectivity index (χ3n) is 3.48. The van der Waals surface area contributed by atoms with Crippen LogP contribution in [0.15, 0.2) is 36.8 Å². The lowest BCUT2D eigenvalue weighted by Crippen LogP contribution is -1.97. The lowest BCUT2D eigenvalue weighted by molar-refractivity contribution is 0.0699. The average Bonchev–Trinajstić information content (AvgIpc) is 3.21. The fourth-order valence-electron chi connectivity index (χ4n) is 2.47. The van der Waals surface area contributed by atoms with Crippen molar-refractivity contribution >= 4 is 40.1 Å². The Morgan fingerprint density at radius 1 is 1.25 bits per heavy atom. The van der Waals surface area contributed by atoms with Crippen LogP contribution in [0.5, 0.6) is 0 Å². The van der Waals surface area contributed by atoms with E-state index in [1.807, 2.05) is 24.3 Å². The molecule has 0 atom stereocenters. The molecule has 0 aliphatic heterocycles. The summed E-state index contributed by atoms with van der Waals surface area (Å²) in [5, 5.41) is 10.7. The van der Waals surface area contributed by atoms with Gasteiger partial charge >= 0.3 is 5.97 Å². The average molecular weight is 358 g/mol. The van der Waals surface area contributed by atoms with Gasteiger partial charge in [-0.25, -0.2) is 19.7 Å². The number of H-pyrrole nitrogens is 1. The second kappa shape index (κ2) is 5.66. The van der Waals surface area contributed by atoms with Crippen LogP contribution in [-0.2, 0) is 0 Å². The van der Waals surface area contributed by atoms with Crippen molar-refractivity contribution in [1.29, 1.82) is 0 Å². The minimum absolute atomic E-state index is 0.130. The maximum absolute atomic E-state index is 11.4. The number of nitrogens with one attached hydrogen (secondary N) is 1. The Labute approximate surface area is 144 Å². The van der Waals surface area contributed by atoms with Gasteiger partial charge < -0.3 is 10.1 Å². The number of aromatic nitrogens is 5. The molecule has 0 unspecified atom stereocenters. The van der Waals surface area contributed by atoms with Crippen LogP contribution in [0.25, 0.3) is 32.9 Å². The number of fused-ring (bicyclic) bond motifs is 1. The van der Waals surface area contributed by atoms with Crippen molar-refractivity contribution in [2.45, 2.75) is 0 Å². The van der Waals surface area contributed by atoms with Gasteiger partial charge in [0.1, 0.15) is 17.0 Å². The third kappa shape index (κ3) is 2.41. The van der Waals surface area contributed by atoms with E-state index in [-0.39, 0.29) is 10.8 Å². The lowest BCUT2D eigenvalue weighted by atomic mass is 10.0. The molecule has 0 amide bonds. The van der Waals surface area contributed by atoms with Crippen molar-refractivity contribution in [3.05, 3.63) is 47.6 Å². The van der Waals surface area contributed by atoms with E-state index in [2.05, 4.69) is 24.3 Å². The maximum atomic E-state index is 11.4. The Bertz CT molecular complexity index is 1070. The zero-order chi connectivity index (χ0) is 16.7. The molecule has 0 aliphatic carbocycles. The topological polar surface area (TPSA) is 105 Å². The number of carbonyl (C=O) groups is 1. The molecule has 0 aliphatic rings. The fourth-order valence-corrected chi connectivity index (χ4v) is 3.27. The molecule has 4 rings (SSSR count). The summed E-state index contributed by atoms with van der Waals surface area (Å²) < 4.78 is 3.96. The molecule has 24 heavy (non-hydrogen) atoms. The molecule has 0 fully saturated rings. The van der Waals surface area contributed by atoms with E-state index >= 15 is 0 Å². The minimum atomic E-state index is -1.04. The summed E-state index contributed by atoms with van der Waals surface area (Å²) in [5.41, 5.74) is 2.73. The number of benzene rings is 1. The summed E-state index contributed by atoms with van der Waals surface area (Å²) in [5.74, 6) is -1.04. The Morgan fingerprint density at radius 2 is 2.08 bits per heavy atom. The quantitative estimate of drug-likeness (QED) is 0.581. The molecule has 1 aromatic carbocycles. The molecule has 7 nitrogen and oxygen atoms in total. The SMILES string of the molecule is O=C(O)c1c[nH]c2ncnc(-c3cccc(-c4nc(Cl)ns4)c3)c12. The van der Waals surface area contributed by atoms with E-state index in [1.165, 1.54) is 24.1 Å². The molecule has 0 radical (unpaired) electrons. The summed E-state index contributed by atoms with van der Waals surface area (Å²) in [4.78, 5) is 26.8. The maximum Gasteiger partial charge on any atom is 0.338 e. The van der Waals surface area contributed by atoms with Crippen molar-refractivity contribution in [1.82, 2.24) is 24.3 Å². The first kappa shape index (κ1) is 14.7. The normalized spacial score (nSPS) is 11.0. The van der Waals surface area contributed by atoms with Crippen LogP contribution in [0, 0.1) is 0 Å². The molecule has 2 N–H and O–H groups in total. The van der Waals surface area contributed by atoms with Crippen LogP contribution < -0.4 is 0 Å². The monoisotopic (exact) mass is 357 g/mol. The highest BCUT2D eigenvalue weighted by Crippen LogP contribution is 2.31. The Morgan fingerprint density at radius 3 is 2.83 bits per heavy atom. The van der Waals surface area contributed by atoms with E-state index in [9.17, 15) is 9.90 Å². The first-order chi connectivity index (χ1) is 11.6. The summed E-state index contributed by atoms with van der Waals surface area (Å²) in [6.45, 7) is 0. The number of nitrogens with zero attached hydrogens (tertiary/aromatic N) is 4. The van der Waals surface area contributed by atoms with Gasteiger partial charge in [-0.05, 0) is 29.2 Å². The predicted octanol–water partition coefficient (Wildman–Crippen LogP) is 3.50. The highest BCUT2D eigenvalue weighted by atomic mass is 35.5. The smallest absolute Gasteiger partial charge is 0.338 e. The zero-order valence-corrected chi connectivity index (χ0v) is 13.5. The van der Waals surface area contributed by atoms with Gasteiger partial charge in [0.25, 0.3) is 0 Å². The van der Waals surface area contributed by atoms with Crippen LogP contribution in [0.4, 0.5) is 0 Å². The first-order valence-corrected chi connectivity index (χ1v) is 7.94. The van der Waals surface area contributed by atoms with Gasteiger partial charge in [0.2, 0.25) is 5.28 Å². The van der Waals surface area contributed by atoms with Gasteiger partial charge in [0.05, 0.1) is 16.6 Å². The highest BCUT2D eigenvalue weighted by molar-refractivity contribution is 7.09. The van der Waals surface area contributed by atoms with E-state index in [0.29, 0.717) is 21.7 Å². The number of rotatable bonds is 3. The summed E-state index contributed by atoms with van der Waals surface area (Å²) in [6.07, 6.45) is 2.81. The highest BCUT2D eigenvalue weighted by Gasteiger charge is 2.17. The van der Waals surface area contributed by atoms with Gasteiger partial charge in [0, 0.05) is 17.3 Å². The number of halogens is 1. The molecular formula is C15H8ClN5O2S. The lowest BCUT2D eigenvalue weighted by Gasteiger charge is -2.05. The predicted molar refractivity (Wildman–Crippen MR) is 90.2 cm³/mol. The first-order valence-electron chi connectivity index (χ1n) is 6.79. The van der Waals surface area contributed by atoms with Crippen molar-refractivity contribution in [2.75, 3.05) is 0 Å². The van der Waals surface area contributed by atoms with Crippen LogP contribution in [0.2, 0.25) is 5.28 Å². The number of carboxylic acids is 1. The van der Waals surface area contributed by atoms with Gasteiger partial charge in [-0.15, -0.1) is 0 Å². The summed E-state index contributed by atoms with van der Waals surface area (Å²) >= 11 is 6.98. The molecule has 3 heterocycles. The second-order valence-corrected chi connectivity index (χ2v) is 5.99. The van der Waals surface area contributed by atoms with E-state index in [4.69, 9.17) is 11.6 Å². The van der Waals surface area contributed by atoms with Crippen LogP contribution >= 0.6 is 23.1 Å². The van der Waals surface area contributed by atoms with Gasteiger partial charge in [0.15, 0.2) is 0 Å². The molecule has 4 aromatic rings. The fraction of sp³-hybridized carbons (Fsp3) is 0. The Balaban J connectivity index is 1.92. The molecule has 3 aromatic heterocycles. The van der Waals surface area contributed by atoms with Crippen LogP contribution in [0.3, 0.4) is 0 Å². The standard InChI is InChI=1S/C15H8ClN5O2S/c16-15-20-13(24-21-15)8-3-1-2-7(4-8)11-10-9(14(22)23)5-17-12(10)19-6-18-11/h1-6H,(H,22,23)(H,17,18,19). The molecule has 118 valence electrons. The number of hydrogen-bond donors (Lipinski definition) is 2. The van der Waals surface area contributed by atoms with Gasteiger partial charge in [-0.1, -0.05) is 18.2 Å². The largest absolute Gasteiger partial charge is 0.478 e. The molecule has 9 heteroatoms. The summed E-state index contributed by atoms with van der Waals surface area (Å²) in [7, 11) is 0. The van der Waals surface area contributed by atoms with Crippen LogP contribution in [0.1, 0.15) is 10.4 Å². The summed E-state index contributed by atoms with van der Waals surface area (Å²) in [6, 6.07) is 7.46. The Kier molecular flexibility index (Phi) is 3.47. The van der Waals surface area contributed by atoms with E-state index in [1.54, 1.807) is 0 Å². The van der Waals surface area contributed by atoms with E-state index < -0.39 is 5.97 Å². The molecule has 0 saturated carbocycles. The van der Waals surface area contributed by atoms with Crippen molar-refractivity contribution in [3.8, 4) is 21.8 Å². The minimum Gasteiger partial charge on any atom is -0.478 e. The number of carboxylic acid groups (broad SMARTS) is 1. The number of hydrogen-bond acceptors (Lipinski definition) is 6. The van der Waals surface area contributed by atoms with Crippen molar-refractivity contribution in [2.24, 2.45) is 0 Å². The van der Waals surface area contributed by atoms with Crippen molar-refractivity contribution in [3.63, 3.8) is 0 Å². The number of aromatic carboxylic acids is 1. The Hall–Kier alpha value is -2.84. The molecule has 0 saturated heterocycles. The molecule has 0 spiro atoms. The van der Waals surface area contributed by atoms with Gasteiger partial charge in [-0.3, -0.25) is 0 Å². The van der Waals surface area contributed by atoms with Gasteiger partial charge in [-0.2, -0.15) is 4.37 Å². The molecular weight excluding hydrogens is 350 g/mol.